The van der Waals surface area contributed by atoms with Crippen LogP contribution in [0, 0.1) is 11.8 Å². The average Bonchev–Trinajstić information content (AvgIpc) is 3.56. The third-order valence-corrected chi connectivity index (χ3v) is 11.7. The first-order valence-corrected chi connectivity index (χ1v) is 16.4. The summed E-state index contributed by atoms with van der Waals surface area (Å²) in [6.45, 7) is 14.3. The predicted molar refractivity (Wildman–Crippen MR) is 169 cm³/mol. The number of allylic oxidation sites excluding steroid dienone is 1. The molecule has 0 aliphatic carbocycles. The summed E-state index contributed by atoms with van der Waals surface area (Å²) < 4.78 is 4.88. The summed E-state index contributed by atoms with van der Waals surface area (Å²) in [6, 6.07) is 7.13. The number of carbonyl (C=O) groups excluding carboxylic acids is 3. The first-order valence-electron chi connectivity index (χ1n) is 14.6. The highest BCUT2D eigenvalue weighted by Crippen LogP contribution is 2.68. The number of fused-ring (bicyclic) bond motifs is 1. The second-order valence-corrected chi connectivity index (χ2v) is 13.5. The second-order valence-electron chi connectivity index (χ2n) is 10.8. The molecule has 10 heteroatoms. The minimum atomic E-state index is -0.775. The van der Waals surface area contributed by atoms with Crippen molar-refractivity contribution in [2.75, 3.05) is 49.2 Å². The molecule has 6 atom stereocenters. The van der Waals surface area contributed by atoms with Crippen molar-refractivity contribution < 1.29 is 24.2 Å². The van der Waals surface area contributed by atoms with E-state index in [-0.39, 0.29) is 54.2 Å². The number of amides is 2. The third kappa shape index (κ3) is 5.84. The Labute approximate surface area is 256 Å². The van der Waals surface area contributed by atoms with Crippen LogP contribution < -0.4 is 9.80 Å². The van der Waals surface area contributed by atoms with Crippen LogP contribution in [0.2, 0.25) is 0 Å². The summed E-state index contributed by atoms with van der Waals surface area (Å²) >= 11 is 5.38. The average molecular weight is 649 g/mol. The van der Waals surface area contributed by atoms with E-state index < -0.39 is 22.6 Å². The lowest BCUT2D eigenvalue weighted by molar-refractivity contribution is -0.154. The Morgan fingerprint density at radius 3 is 2.46 bits per heavy atom. The minimum Gasteiger partial charge on any atom is -0.465 e. The van der Waals surface area contributed by atoms with E-state index in [2.05, 4.69) is 47.8 Å². The van der Waals surface area contributed by atoms with Crippen molar-refractivity contribution in [3.05, 3.63) is 49.6 Å². The van der Waals surface area contributed by atoms with Gasteiger partial charge in [0.05, 0.1) is 23.2 Å². The Bertz CT molecular complexity index is 1130. The summed E-state index contributed by atoms with van der Waals surface area (Å²) in [5.74, 6) is -2.05. The van der Waals surface area contributed by atoms with Crippen LogP contribution >= 0.6 is 27.7 Å². The van der Waals surface area contributed by atoms with Crippen molar-refractivity contribution in [2.24, 2.45) is 11.8 Å². The molecular formula is C31H42BrN3O5S. The summed E-state index contributed by atoms with van der Waals surface area (Å²) in [5.41, 5.74) is 1.80. The molecule has 3 unspecified atom stereocenters. The molecule has 3 heterocycles. The van der Waals surface area contributed by atoms with Crippen molar-refractivity contribution in [2.45, 2.75) is 60.4 Å². The number of benzene rings is 1. The Balaban J connectivity index is 1.69. The molecule has 2 bridgehead atoms. The zero-order valence-electron chi connectivity index (χ0n) is 24.0. The number of rotatable bonds is 15. The molecule has 3 saturated heterocycles. The zero-order valence-corrected chi connectivity index (χ0v) is 26.4. The first-order chi connectivity index (χ1) is 19.8. The van der Waals surface area contributed by atoms with E-state index >= 15 is 0 Å². The normalized spacial score (nSPS) is 28.0. The molecule has 2 amide bonds. The highest BCUT2D eigenvalue weighted by molar-refractivity contribution is 9.09. The van der Waals surface area contributed by atoms with Gasteiger partial charge in [-0.3, -0.25) is 14.4 Å². The van der Waals surface area contributed by atoms with Crippen LogP contribution in [-0.4, -0.2) is 88.0 Å². The van der Waals surface area contributed by atoms with Crippen molar-refractivity contribution in [3.8, 4) is 0 Å². The topological polar surface area (TPSA) is 90.4 Å². The smallest absolute Gasteiger partial charge is 0.310 e. The fraction of sp³-hybridized carbons (Fsp3) is 0.581. The number of hydrogen-bond acceptors (Lipinski definition) is 7. The van der Waals surface area contributed by atoms with Crippen LogP contribution in [0.4, 0.5) is 11.4 Å². The van der Waals surface area contributed by atoms with Gasteiger partial charge < -0.3 is 24.5 Å². The van der Waals surface area contributed by atoms with E-state index in [1.165, 1.54) is 0 Å². The Morgan fingerprint density at radius 2 is 1.85 bits per heavy atom. The lowest BCUT2D eigenvalue weighted by Crippen LogP contribution is -2.55. The number of hydrogen-bond donors (Lipinski definition) is 1. The molecular weight excluding hydrogens is 606 g/mol. The van der Waals surface area contributed by atoms with Gasteiger partial charge in [0.25, 0.3) is 5.91 Å². The van der Waals surface area contributed by atoms with E-state index in [9.17, 15) is 19.5 Å². The van der Waals surface area contributed by atoms with Crippen LogP contribution in [0.15, 0.2) is 49.6 Å². The number of aliphatic hydroxyl groups excluding tert-OH is 1. The SMILES string of the molecule is C=CCCCOC(=O)[C@H]1[C@H]2C(=O)N(CCCO)C(C(=O)N(CC=C)c3ccc(N(CC)CC)cc3)C23CC(Br)[C@@H]1S3. The molecule has 0 radical (unpaired) electrons. The van der Waals surface area contributed by atoms with Gasteiger partial charge in [0.1, 0.15) is 6.04 Å². The fourth-order valence-electron chi connectivity index (χ4n) is 6.69. The standard InChI is InChI=1S/C31H42BrN3O5S/c1-5-9-10-19-40-30(39)24-25-28(37)35(17-11-18-36)27(31(25)20-23(32)26(24)41-31)29(38)34(16-6-2)22-14-12-21(13-15-22)33(7-3)8-4/h5-6,12-15,23-27,36H,1-2,7-11,16-20H2,3-4H3/t23?,24-,25-,26-,27?,31?/m0/s1. The zero-order chi connectivity index (χ0) is 29.7. The van der Waals surface area contributed by atoms with E-state index in [1.54, 1.807) is 33.7 Å². The Hall–Kier alpha value is -2.30. The van der Waals surface area contributed by atoms with Gasteiger partial charge >= 0.3 is 5.97 Å². The van der Waals surface area contributed by atoms with Gasteiger partial charge in [0, 0.05) is 54.2 Å². The molecule has 1 aromatic carbocycles. The summed E-state index contributed by atoms with van der Waals surface area (Å²) in [7, 11) is 0. The molecule has 41 heavy (non-hydrogen) atoms. The number of carbonyl (C=O) groups is 3. The Morgan fingerprint density at radius 1 is 1.17 bits per heavy atom. The monoisotopic (exact) mass is 647 g/mol. The molecule has 224 valence electrons. The highest BCUT2D eigenvalue weighted by Gasteiger charge is 2.76. The summed E-state index contributed by atoms with van der Waals surface area (Å²) in [5, 5.41) is 9.47. The van der Waals surface area contributed by atoms with Crippen LogP contribution in [0.3, 0.4) is 0 Å². The maximum Gasteiger partial charge on any atom is 0.310 e. The van der Waals surface area contributed by atoms with E-state index in [0.717, 1.165) is 30.9 Å². The third-order valence-electron chi connectivity index (χ3n) is 8.52. The van der Waals surface area contributed by atoms with Crippen LogP contribution in [0.25, 0.3) is 0 Å². The molecule has 0 aromatic heterocycles. The van der Waals surface area contributed by atoms with E-state index in [4.69, 9.17) is 4.74 Å². The van der Waals surface area contributed by atoms with Crippen molar-refractivity contribution >= 4 is 56.9 Å². The number of aliphatic hydroxyl groups is 1. The number of ether oxygens (including phenoxy) is 1. The molecule has 3 aliphatic heterocycles. The van der Waals surface area contributed by atoms with Gasteiger partial charge in [-0.05, 0) is 63.8 Å². The predicted octanol–water partition coefficient (Wildman–Crippen LogP) is 4.41. The number of esters is 1. The lowest BCUT2D eigenvalue weighted by atomic mass is 9.71. The molecule has 1 aromatic rings. The van der Waals surface area contributed by atoms with Crippen LogP contribution in [-0.2, 0) is 19.1 Å². The van der Waals surface area contributed by atoms with E-state index in [0.29, 0.717) is 19.3 Å². The first kappa shape index (κ1) is 31.6. The number of halogens is 1. The second kappa shape index (κ2) is 13.8. The van der Waals surface area contributed by atoms with Gasteiger partial charge in [-0.25, -0.2) is 0 Å². The maximum atomic E-state index is 14.6. The number of thioether (sulfide) groups is 1. The number of likely N-dealkylation sites (tertiary alicyclic amines) is 1. The molecule has 1 spiro atoms. The lowest BCUT2D eigenvalue weighted by Gasteiger charge is -2.38. The number of alkyl halides is 1. The van der Waals surface area contributed by atoms with Gasteiger partial charge in [-0.2, -0.15) is 0 Å². The van der Waals surface area contributed by atoms with Crippen molar-refractivity contribution in [1.29, 1.82) is 0 Å². The highest BCUT2D eigenvalue weighted by atomic mass is 79.9. The van der Waals surface area contributed by atoms with Gasteiger partial charge in [0.15, 0.2) is 0 Å². The molecule has 1 N–H and O–H groups in total. The molecule has 0 saturated carbocycles. The largest absolute Gasteiger partial charge is 0.465 e. The quantitative estimate of drug-likeness (QED) is 0.131. The summed E-state index contributed by atoms with van der Waals surface area (Å²) in [6.07, 6.45) is 5.83. The van der Waals surface area contributed by atoms with Crippen LogP contribution in [0.5, 0.6) is 0 Å². The van der Waals surface area contributed by atoms with Gasteiger partial charge in [0.2, 0.25) is 5.91 Å². The number of nitrogens with zero attached hydrogens (tertiary/aromatic N) is 3. The fourth-order valence-corrected chi connectivity index (χ4v) is 10.3. The minimum absolute atomic E-state index is 0.0309. The van der Waals surface area contributed by atoms with E-state index in [1.807, 2.05) is 24.3 Å². The molecule has 8 nitrogen and oxygen atoms in total. The number of unbranched alkanes of at least 4 members (excludes halogenated alkanes) is 1. The van der Waals surface area contributed by atoms with Gasteiger partial charge in [-0.1, -0.05) is 28.1 Å². The van der Waals surface area contributed by atoms with Gasteiger partial charge in [-0.15, -0.1) is 24.9 Å². The van der Waals surface area contributed by atoms with Crippen molar-refractivity contribution in [3.63, 3.8) is 0 Å². The Kier molecular flexibility index (Phi) is 10.6. The van der Waals surface area contributed by atoms with Crippen molar-refractivity contribution in [1.82, 2.24) is 4.90 Å². The molecule has 3 aliphatic rings. The molecule has 4 rings (SSSR count). The number of anilines is 2. The molecule has 3 fully saturated rings. The summed E-state index contributed by atoms with van der Waals surface area (Å²) in [4.78, 5) is 47.6. The van der Waals surface area contributed by atoms with Crippen LogP contribution in [0.1, 0.15) is 39.5 Å². The maximum absolute atomic E-state index is 14.6.